The Hall–Kier alpha value is -3.56. The number of nitrogens with zero attached hydrogens (tertiary/aromatic N) is 3. The third kappa shape index (κ3) is 3.75. The zero-order valence-electron chi connectivity index (χ0n) is 15.5. The van der Waals surface area contributed by atoms with Crippen molar-refractivity contribution in [2.45, 2.75) is 25.5 Å². The van der Waals surface area contributed by atoms with Crippen LogP contribution in [0.3, 0.4) is 0 Å². The predicted molar refractivity (Wildman–Crippen MR) is 96.5 cm³/mol. The monoisotopic (exact) mass is 389 g/mol. The maximum atomic E-state index is 12.7. The van der Waals surface area contributed by atoms with Crippen LogP contribution >= 0.6 is 0 Å². The number of furan rings is 1. The number of rotatable bonds is 7. The summed E-state index contributed by atoms with van der Waals surface area (Å²) in [5, 5.41) is 15.2. The molecule has 10 nitrogen and oxygen atoms in total. The van der Waals surface area contributed by atoms with Gasteiger partial charge in [0.1, 0.15) is 11.8 Å². The van der Waals surface area contributed by atoms with Crippen LogP contribution in [0.4, 0.5) is 0 Å². The minimum absolute atomic E-state index is 0.361. The molecule has 0 saturated carbocycles. The van der Waals surface area contributed by atoms with E-state index in [1.54, 1.807) is 30.3 Å². The summed E-state index contributed by atoms with van der Waals surface area (Å²) in [6.45, 7) is 1.30. The van der Waals surface area contributed by atoms with Gasteiger partial charge in [-0.25, -0.2) is 5.01 Å². The van der Waals surface area contributed by atoms with Crippen molar-refractivity contribution in [3.8, 4) is 11.5 Å². The molecule has 1 aliphatic heterocycles. The molecule has 2 atom stereocenters. The van der Waals surface area contributed by atoms with E-state index in [1.807, 2.05) is 0 Å². The highest BCUT2D eigenvalue weighted by molar-refractivity contribution is 6.03. The number of carbonyl (C=O) groups excluding carboxylic acids is 1. The molecule has 2 unspecified atom stereocenters. The van der Waals surface area contributed by atoms with Crippen LogP contribution in [0.15, 0.2) is 46.1 Å². The topological polar surface area (TPSA) is 117 Å². The molecule has 2 heterocycles. The van der Waals surface area contributed by atoms with Crippen LogP contribution in [0.25, 0.3) is 0 Å². The smallest absolute Gasteiger partial charge is 0.295 e. The molecular formula is C18H19N3O7. The van der Waals surface area contributed by atoms with Gasteiger partial charge in [0.15, 0.2) is 17.6 Å². The van der Waals surface area contributed by atoms with E-state index in [1.165, 1.54) is 32.4 Å². The van der Waals surface area contributed by atoms with Crippen LogP contribution in [0, 0.1) is 10.1 Å². The molecule has 1 aromatic heterocycles. The van der Waals surface area contributed by atoms with Gasteiger partial charge in [0.25, 0.3) is 11.0 Å². The molecule has 0 N–H and O–H groups in total. The first-order valence-corrected chi connectivity index (χ1v) is 8.42. The number of hydrogen-bond acceptors (Lipinski definition) is 8. The Bertz CT molecular complexity index is 895. The van der Waals surface area contributed by atoms with Gasteiger partial charge >= 0.3 is 0 Å². The molecule has 1 aliphatic rings. The van der Waals surface area contributed by atoms with E-state index in [-0.39, 0.29) is 0 Å². The number of carbonyl (C=O) groups is 1. The first-order chi connectivity index (χ1) is 13.4. The van der Waals surface area contributed by atoms with Crippen LogP contribution in [0.5, 0.6) is 11.5 Å². The maximum absolute atomic E-state index is 12.7. The molecule has 1 amide bonds. The Morgan fingerprint density at radius 1 is 1.32 bits per heavy atom. The van der Waals surface area contributed by atoms with E-state index >= 15 is 0 Å². The number of hydrogen-bond donors (Lipinski definition) is 0. The largest absolute Gasteiger partial charge is 0.493 e. The number of methoxy groups -OCH3 is 2. The molecule has 0 spiro atoms. The second-order valence-corrected chi connectivity index (χ2v) is 6.01. The Kier molecular flexibility index (Phi) is 5.48. The fourth-order valence-electron chi connectivity index (χ4n) is 2.97. The Balaban J connectivity index is 1.94. The second kappa shape index (κ2) is 7.99. The SMILES string of the molecule is COc1ccc(C2=NN(C(=O)C(C)O[N+](=O)[O-])C(c3ccco3)C2)cc1OC. The highest BCUT2D eigenvalue weighted by Gasteiger charge is 2.37. The van der Waals surface area contributed by atoms with Crippen molar-refractivity contribution < 1.29 is 28.6 Å². The predicted octanol–water partition coefficient (Wildman–Crippen LogP) is 2.57. The van der Waals surface area contributed by atoms with Crippen LogP contribution in [-0.2, 0) is 9.63 Å². The van der Waals surface area contributed by atoms with E-state index in [0.717, 1.165) is 5.56 Å². The van der Waals surface area contributed by atoms with Gasteiger partial charge in [-0.05, 0) is 37.3 Å². The third-order valence-corrected chi connectivity index (χ3v) is 4.32. The Morgan fingerprint density at radius 3 is 2.68 bits per heavy atom. The lowest BCUT2D eigenvalue weighted by Crippen LogP contribution is -2.37. The molecule has 0 bridgehead atoms. The lowest BCUT2D eigenvalue weighted by Gasteiger charge is -2.22. The highest BCUT2D eigenvalue weighted by atomic mass is 17.0. The van der Waals surface area contributed by atoms with Crippen LogP contribution in [0.2, 0.25) is 0 Å². The Labute approximate surface area is 160 Å². The van der Waals surface area contributed by atoms with Gasteiger partial charge in [0, 0.05) is 12.0 Å². The number of ether oxygens (including phenoxy) is 2. The van der Waals surface area contributed by atoms with Gasteiger partial charge in [0.2, 0.25) is 0 Å². The van der Waals surface area contributed by atoms with Crippen molar-refractivity contribution >= 4 is 11.6 Å². The molecular weight excluding hydrogens is 370 g/mol. The average Bonchev–Trinajstić information content (AvgIpc) is 3.35. The fourth-order valence-corrected chi connectivity index (χ4v) is 2.97. The van der Waals surface area contributed by atoms with Gasteiger partial charge in [-0.2, -0.15) is 5.10 Å². The normalized spacial score (nSPS) is 17.0. The third-order valence-electron chi connectivity index (χ3n) is 4.32. The number of benzene rings is 1. The van der Waals surface area contributed by atoms with Crippen LogP contribution < -0.4 is 9.47 Å². The number of amides is 1. The van der Waals surface area contributed by atoms with Gasteiger partial charge in [-0.3, -0.25) is 4.79 Å². The first-order valence-electron chi connectivity index (χ1n) is 8.42. The number of hydrazone groups is 1. The molecule has 0 radical (unpaired) electrons. The summed E-state index contributed by atoms with van der Waals surface area (Å²) in [6, 6.07) is 8.16. The van der Waals surface area contributed by atoms with Gasteiger partial charge < -0.3 is 18.7 Å². The van der Waals surface area contributed by atoms with Gasteiger partial charge in [-0.1, -0.05) is 0 Å². The van der Waals surface area contributed by atoms with E-state index in [4.69, 9.17) is 13.9 Å². The van der Waals surface area contributed by atoms with E-state index < -0.39 is 23.1 Å². The van der Waals surface area contributed by atoms with E-state index in [2.05, 4.69) is 9.94 Å². The molecule has 1 aromatic carbocycles. The molecule has 148 valence electrons. The summed E-state index contributed by atoms with van der Waals surface area (Å²) < 4.78 is 16.0. The molecule has 28 heavy (non-hydrogen) atoms. The summed E-state index contributed by atoms with van der Waals surface area (Å²) in [4.78, 5) is 27.7. The molecule has 10 heteroatoms. The van der Waals surface area contributed by atoms with Crippen molar-refractivity contribution in [2.24, 2.45) is 5.10 Å². The fraction of sp³-hybridized carbons (Fsp3) is 0.333. The zero-order valence-corrected chi connectivity index (χ0v) is 15.5. The summed E-state index contributed by atoms with van der Waals surface area (Å²) in [7, 11) is 3.06. The average molecular weight is 389 g/mol. The van der Waals surface area contributed by atoms with Crippen molar-refractivity contribution in [2.75, 3.05) is 14.2 Å². The lowest BCUT2D eigenvalue weighted by molar-refractivity contribution is -0.763. The molecule has 0 saturated heterocycles. The minimum atomic E-state index is -1.30. The van der Waals surface area contributed by atoms with Crippen LogP contribution in [-0.4, -0.2) is 42.0 Å². The summed E-state index contributed by atoms with van der Waals surface area (Å²) in [5.41, 5.74) is 1.33. The standard InChI is InChI=1S/C18H19N3O7/c1-11(28-21(23)24)18(22)20-14(15-5-4-8-27-15)10-13(19-20)12-6-7-16(25-2)17(9-12)26-3/h4-9,11,14H,10H2,1-3H3. The minimum Gasteiger partial charge on any atom is -0.493 e. The van der Waals surface area contributed by atoms with E-state index in [0.29, 0.717) is 29.4 Å². The lowest BCUT2D eigenvalue weighted by atomic mass is 10.0. The molecule has 0 aliphatic carbocycles. The van der Waals surface area contributed by atoms with Crippen molar-refractivity contribution in [3.63, 3.8) is 0 Å². The highest BCUT2D eigenvalue weighted by Crippen LogP contribution is 2.36. The van der Waals surface area contributed by atoms with Crippen molar-refractivity contribution in [1.29, 1.82) is 0 Å². The van der Waals surface area contributed by atoms with Crippen molar-refractivity contribution in [1.82, 2.24) is 5.01 Å². The summed E-state index contributed by atoms with van der Waals surface area (Å²) >= 11 is 0. The van der Waals surface area contributed by atoms with E-state index in [9.17, 15) is 14.9 Å². The first kappa shape index (κ1) is 19.2. The maximum Gasteiger partial charge on any atom is 0.295 e. The van der Waals surface area contributed by atoms with Gasteiger partial charge in [-0.15, -0.1) is 10.1 Å². The zero-order chi connectivity index (χ0) is 20.3. The van der Waals surface area contributed by atoms with Crippen LogP contribution in [0.1, 0.15) is 30.7 Å². The summed E-state index contributed by atoms with van der Waals surface area (Å²) in [6.07, 6.45) is 0.546. The Morgan fingerprint density at radius 2 is 2.07 bits per heavy atom. The van der Waals surface area contributed by atoms with Gasteiger partial charge in [0.05, 0.1) is 26.2 Å². The summed E-state index contributed by atoms with van der Waals surface area (Å²) in [5.74, 6) is 0.954. The molecule has 3 rings (SSSR count). The quantitative estimate of drug-likeness (QED) is 0.528. The second-order valence-electron chi connectivity index (χ2n) is 6.01. The molecule has 2 aromatic rings. The van der Waals surface area contributed by atoms with Crippen molar-refractivity contribution in [3.05, 3.63) is 58.0 Å². The molecule has 0 fully saturated rings.